The Bertz CT molecular complexity index is 1780. The smallest absolute Gasteiger partial charge is 0.420 e. The Hall–Kier alpha value is -5.53. The number of aliphatic hydroxyl groups excluding tert-OH is 1. The summed E-state index contributed by atoms with van der Waals surface area (Å²) in [6.45, 7) is 10.6. The van der Waals surface area contributed by atoms with Crippen LogP contribution in [0, 0.1) is 11.3 Å². The lowest BCUT2D eigenvalue weighted by atomic mass is 10.1. The lowest BCUT2D eigenvalue weighted by Crippen LogP contribution is -2.55. The molecule has 2 aromatic carbocycles. The summed E-state index contributed by atoms with van der Waals surface area (Å²) in [5.74, 6) is -2.28. The predicted octanol–water partition coefficient (Wildman–Crippen LogP) is 3.66. The van der Waals surface area contributed by atoms with E-state index in [9.17, 15) is 39.1 Å². The van der Waals surface area contributed by atoms with Gasteiger partial charge in [-0.05, 0) is 96.3 Å². The van der Waals surface area contributed by atoms with Crippen LogP contribution in [-0.4, -0.2) is 119 Å². The first-order chi connectivity index (χ1) is 25.3. The van der Waals surface area contributed by atoms with Gasteiger partial charge in [0.1, 0.15) is 11.2 Å². The molecule has 0 unspecified atom stereocenters. The molecule has 16 heteroatoms. The van der Waals surface area contributed by atoms with Crippen molar-refractivity contribution in [2.24, 2.45) is 0 Å². The van der Waals surface area contributed by atoms with Gasteiger partial charge in [-0.15, -0.1) is 0 Å². The predicted molar refractivity (Wildman–Crippen MR) is 195 cm³/mol. The first-order valence-corrected chi connectivity index (χ1v) is 17.6. The molecule has 0 aromatic heterocycles. The number of anilines is 2. The third-order valence-corrected chi connectivity index (χ3v) is 8.31. The number of nitrogens with one attached hydrogen (secondary N) is 1. The van der Waals surface area contributed by atoms with Crippen molar-refractivity contribution in [2.45, 2.75) is 84.3 Å². The van der Waals surface area contributed by atoms with E-state index >= 15 is 0 Å². The molecule has 16 nitrogen and oxygen atoms in total. The molecule has 0 saturated carbocycles. The number of carbonyl (C=O) groups excluding carboxylic acids is 6. The molecule has 2 saturated heterocycles. The third kappa shape index (κ3) is 10.8. The lowest BCUT2D eigenvalue weighted by Gasteiger charge is -2.34. The maximum absolute atomic E-state index is 13.6. The summed E-state index contributed by atoms with van der Waals surface area (Å²) >= 11 is 0. The van der Waals surface area contributed by atoms with E-state index in [0.717, 1.165) is 12.8 Å². The topological polar surface area (TPSA) is 199 Å². The minimum absolute atomic E-state index is 0.0324. The standard InChI is InChI=1S/C38H48N6O10/c1-37(2,3)53-35(50)44(36(51)54-38(4,5)6)22-26-19-27(14-13-25(26)21-39)40-32(47)30(46)31-34(49)43(17-18-52-31)28-12-10-11-24(20-28)33(48)41(7)23-29(45)42-15-8-9-16-42/h10-14,19-20,30-31,46H,8-9,15-18,22-23H2,1-7H3,(H,40,47)/t30-,31-/m1/s1. The number of morpholine rings is 1. The monoisotopic (exact) mass is 748 g/mol. The summed E-state index contributed by atoms with van der Waals surface area (Å²) in [4.78, 5) is 83.9. The van der Waals surface area contributed by atoms with Gasteiger partial charge in [-0.3, -0.25) is 19.2 Å². The number of nitriles is 1. The van der Waals surface area contributed by atoms with Gasteiger partial charge in [0.05, 0.1) is 31.3 Å². The van der Waals surface area contributed by atoms with Gasteiger partial charge in [0.2, 0.25) is 5.91 Å². The van der Waals surface area contributed by atoms with Gasteiger partial charge in [0.25, 0.3) is 17.7 Å². The minimum atomic E-state index is -1.98. The molecule has 0 spiro atoms. The van der Waals surface area contributed by atoms with Crippen LogP contribution in [0.4, 0.5) is 21.0 Å². The average molecular weight is 749 g/mol. The van der Waals surface area contributed by atoms with Crippen LogP contribution in [0.2, 0.25) is 0 Å². The quantitative estimate of drug-likeness (QED) is 0.380. The fourth-order valence-electron chi connectivity index (χ4n) is 5.73. The number of aliphatic hydroxyl groups is 1. The zero-order valence-corrected chi connectivity index (χ0v) is 31.7. The Kier molecular flexibility index (Phi) is 13.0. The summed E-state index contributed by atoms with van der Waals surface area (Å²) in [6, 6.07) is 12.3. The van der Waals surface area contributed by atoms with Crippen molar-refractivity contribution in [3.8, 4) is 6.07 Å². The normalized spacial score (nSPS) is 16.6. The number of amides is 6. The van der Waals surface area contributed by atoms with Crippen LogP contribution in [0.5, 0.6) is 0 Å². The van der Waals surface area contributed by atoms with E-state index in [-0.39, 0.29) is 48.0 Å². The molecule has 2 fully saturated rings. The Morgan fingerprint density at radius 1 is 0.981 bits per heavy atom. The van der Waals surface area contributed by atoms with Crippen molar-refractivity contribution in [3.63, 3.8) is 0 Å². The van der Waals surface area contributed by atoms with Crippen LogP contribution in [0.25, 0.3) is 0 Å². The fraction of sp³-hybridized carbons (Fsp3) is 0.500. The second kappa shape index (κ2) is 17.1. The molecular formula is C38H48N6O10. The van der Waals surface area contributed by atoms with E-state index in [2.05, 4.69) is 5.32 Å². The Labute approximate surface area is 314 Å². The van der Waals surface area contributed by atoms with Crippen LogP contribution < -0.4 is 10.2 Å². The second-order valence-electron chi connectivity index (χ2n) is 15.0. The van der Waals surface area contributed by atoms with E-state index in [1.165, 1.54) is 41.1 Å². The zero-order valence-electron chi connectivity index (χ0n) is 31.7. The van der Waals surface area contributed by atoms with Gasteiger partial charge in [0.15, 0.2) is 12.2 Å². The number of carbonyl (C=O) groups is 6. The van der Waals surface area contributed by atoms with Gasteiger partial charge in [-0.2, -0.15) is 5.26 Å². The number of hydrogen-bond acceptors (Lipinski definition) is 11. The number of ether oxygens (including phenoxy) is 3. The van der Waals surface area contributed by atoms with Crippen molar-refractivity contribution in [2.75, 3.05) is 50.1 Å². The van der Waals surface area contributed by atoms with Crippen molar-refractivity contribution in [3.05, 3.63) is 59.2 Å². The fourth-order valence-corrected chi connectivity index (χ4v) is 5.73. The largest absolute Gasteiger partial charge is 0.443 e. The molecule has 290 valence electrons. The summed E-state index contributed by atoms with van der Waals surface area (Å²) in [6.07, 6.45) is -3.76. The molecule has 2 aliphatic heterocycles. The molecular weight excluding hydrogens is 700 g/mol. The molecule has 4 rings (SSSR count). The highest BCUT2D eigenvalue weighted by Gasteiger charge is 2.40. The van der Waals surface area contributed by atoms with E-state index in [1.54, 1.807) is 64.6 Å². The van der Waals surface area contributed by atoms with Crippen LogP contribution in [0.3, 0.4) is 0 Å². The Balaban J connectivity index is 1.47. The van der Waals surface area contributed by atoms with E-state index in [0.29, 0.717) is 23.7 Å². The average Bonchev–Trinajstić information content (AvgIpc) is 3.64. The number of likely N-dealkylation sites (tertiary alicyclic amines) is 1. The van der Waals surface area contributed by atoms with Crippen molar-refractivity contribution in [1.82, 2.24) is 14.7 Å². The molecule has 0 bridgehead atoms. The first-order valence-electron chi connectivity index (χ1n) is 17.6. The van der Waals surface area contributed by atoms with Gasteiger partial charge in [-0.1, -0.05) is 6.07 Å². The number of hydrogen-bond donors (Lipinski definition) is 2. The molecule has 2 N–H and O–H groups in total. The molecule has 0 aliphatic carbocycles. The highest BCUT2D eigenvalue weighted by atomic mass is 16.6. The summed E-state index contributed by atoms with van der Waals surface area (Å²) < 4.78 is 16.4. The Morgan fingerprint density at radius 3 is 2.20 bits per heavy atom. The van der Waals surface area contributed by atoms with Gasteiger partial charge >= 0.3 is 12.2 Å². The highest BCUT2D eigenvalue weighted by Crippen LogP contribution is 2.25. The number of benzene rings is 2. The molecule has 6 amide bonds. The van der Waals surface area contributed by atoms with E-state index < -0.39 is 59.9 Å². The SMILES string of the molecule is CN(CC(=O)N1CCCC1)C(=O)c1cccc(N2CCO[C@H]([C@@H](O)C(=O)Nc3ccc(C#N)c(CN(C(=O)OC(C)(C)C)C(=O)OC(C)(C)C)c3)C2=O)c1. The zero-order chi connectivity index (χ0) is 40.0. The van der Waals surface area contributed by atoms with E-state index in [4.69, 9.17) is 14.2 Å². The maximum Gasteiger partial charge on any atom is 0.420 e. The number of likely N-dealkylation sites (N-methyl/N-ethyl adjacent to an activating group) is 1. The summed E-state index contributed by atoms with van der Waals surface area (Å²) in [5, 5.41) is 23.3. The highest BCUT2D eigenvalue weighted by molar-refractivity contribution is 6.05. The summed E-state index contributed by atoms with van der Waals surface area (Å²) in [5.41, 5.74) is -1.02. The van der Waals surface area contributed by atoms with Crippen LogP contribution in [-0.2, 0) is 35.1 Å². The first kappa shape index (κ1) is 41.2. The van der Waals surface area contributed by atoms with E-state index in [1.807, 2.05) is 6.07 Å². The molecule has 2 atom stereocenters. The Morgan fingerprint density at radius 2 is 1.61 bits per heavy atom. The van der Waals surface area contributed by atoms with Crippen LogP contribution in [0.15, 0.2) is 42.5 Å². The molecule has 2 heterocycles. The lowest BCUT2D eigenvalue weighted by molar-refractivity contribution is -0.150. The third-order valence-electron chi connectivity index (χ3n) is 8.31. The number of imide groups is 1. The molecule has 2 aliphatic rings. The van der Waals surface area contributed by atoms with Crippen molar-refractivity contribution >= 4 is 47.2 Å². The number of nitrogens with zero attached hydrogens (tertiary/aromatic N) is 5. The van der Waals surface area contributed by atoms with Crippen molar-refractivity contribution in [1.29, 1.82) is 5.26 Å². The van der Waals surface area contributed by atoms with Crippen LogP contribution in [0.1, 0.15) is 75.9 Å². The molecule has 2 aromatic rings. The van der Waals surface area contributed by atoms with Crippen molar-refractivity contribution < 1.29 is 48.1 Å². The molecule has 0 radical (unpaired) electrons. The van der Waals surface area contributed by atoms with Gasteiger partial charge < -0.3 is 39.3 Å². The molecule has 54 heavy (non-hydrogen) atoms. The number of rotatable bonds is 9. The second-order valence-corrected chi connectivity index (χ2v) is 15.0. The minimum Gasteiger partial charge on any atom is -0.443 e. The van der Waals surface area contributed by atoms with Gasteiger partial charge in [0, 0.05) is 43.6 Å². The van der Waals surface area contributed by atoms with Gasteiger partial charge in [-0.25, -0.2) is 14.5 Å². The maximum atomic E-state index is 13.6. The summed E-state index contributed by atoms with van der Waals surface area (Å²) in [7, 11) is 1.53. The van der Waals surface area contributed by atoms with Crippen LogP contribution >= 0.6 is 0 Å².